The van der Waals surface area contributed by atoms with Crippen LogP contribution in [0.2, 0.25) is 0 Å². The molecule has 6 nitrogen and oxygen atoms in total. The molecule has 12 heavy (non-hydrogen) atoms. The van der Waals surface area contributed by atoms with Crippen LogP contribution in [0.5, 0.6) is 0 Å². The molecule has 2 rings (SSSR count). The van der Waals surface area contributed by atoms with Crippen molar-refractivity contribution in [2.75, 3.05) is 5.73 Å². The molecule has 0 saturated heterocycles. The van der Waals surface area contributed by atoms with Crippen LogP contribution < -0.4 is 10.5 Å². The predicted octanol–water partition coefficient (Wildman–Crippen LogP) is -0.925. The number of fused-ring (bicyclic) bond motifs is 1. The minimum Gasteiger partial charge on any atom is -0.371 e. The number of hydrogen-bond donors (Lipinski definition) is 2. The summed E-state index contributed by atoms with van der Waals surface area (Å²) in [6, 6.07) is 0. The van der Waals surface area contributed by atoms with Gasteiger partial charge < -0.3 is 15.5 Å². The van der Waals surface area contributed by atoms with Gasteiger partial charge in [-0.1, -0.05) is 9.71 Å². The van der Waals surface area contributed by atoms with Crippen LogP contribution in [0, 0.1) is 0 Å². The van der Waals surface area contributed by atoms with Gasteiger partial charge in [-0.25, -0.2) is 4.98 Å². The van der Waals surface area contributed by atoms with Gasteiger partial charge in [0.05, 0.1) is 6.33 Å². The maximum Gasteiger partial charge on any atom is 0.289 e. The van der Waals surface area contributed by atoms with Crippen LogP contribution in [0.1, 0.15) is 0 Å². The Kier molecular flexibility index (Phi) is 1.18. The van der Waals surface area contributed by atoms with E-state index in [4.69, 9.17) is 10.9 Å². The van der Waals surface area contributed by atoms with Gasteiger partial charge in [0.1, 0.15) is 0 Å². The van der Waals surface area contributed by atoms with E-state index in [2.05, 4.69) is 9.97 Å². The van der Waals surface area contributed by atoms with Gasteiger partial charge in [0.15, 0.2) is 0 Å². The van der Waals surface area contributed by atoms with Gasteiger partial charge in [-0.2, -0.15) is 0 Å². The van der Waals surface area contributed by atoms with Crippen LogP contribution in [-0.2, 0) is 7.05 Å². The van der Waals surface area contributed by atoms with Gasteiger partial charge in [-0.15, -0.1) is 0 Å². The summed E-state index contributed by atoms with van der Waals surface area (Å²) in [5.74, 6) is 0.195. The largest absolute Gasteiger partial charge is 0.371 e. The molecule has 0 unspecified atom stereocenters. The summed E-state index contributed by atoms with van der Waals surface area (Å²) in [5, 5.41) is 9.11. The van der Waals surface area contributed by atoms with Gasteiger partial charge in [-0.05, 0) is 0 Å². The van der Waals surface area contributed by atoms with Crippen molar-refractivity contribution in [1.82, 2.24) is 14.5 Å². The second kappa shape index (κ2) is 2.07. The Labute approximate surface area is 67.9 Å². The highest BCUT2D eigenvalue weighted by Gasteiger charge is 2.13. The number of rotatable bonds is 0. The number of nitrogens with two attached hydrogens (primary N) is 1. The minimum atomic E-state index is 0.195. The normalized spacial score (nSPS) is 10.8. The standard InChI is InChI=1S/C6H7N5O/c1-10-2-8-4-5(7)11(12)3-9-6(4)10/h2-3,7,12H,1H3/p+1. The molecular formula is C6H8N5O+. The van der Waals surface area contributed by atoms with E-state index in [1.807, 2.05) is 7.05 Å². The summed E-state index contributed by atoms with van der Waals surface area (Å²) in [7, 11) is 1.81. The highest BCUT2D eigenvalue weighted by molar-refractivity contribution is 5.79. The van der Waals surface area contributed by atoms with Crippen LogP contribution in [0.25, 0.3) is 11.2 Å². The smallest absolute Gasteiger partial charge is 0.289 e. The topological polar surface area (TPSA) is 80.8 Å². The van der Waals surface area contributed by atoms with Gasteiger partial charge in [0.2, 0.25) is 11.2 Å². The van der Waals surface area contributed by atoms with Crippen molar-refractivity contribution in [2.45, 2.75) is 0 Å². The molecule has 0 bridgehead atoms. The van der Waals surface area contributed by atoms with Crippen molar-refractivity contribution >= 4 is 17.0 Å². The van der Waals surface area contributed by atoms with E-state index >= 15 is 0 Å². The number of anilines is 1. The van der Waals surface area contributed by atoms with Crippen molar-refractivity contribution in [1.29, 1.82) is 0 Å². The summed E-state index contributed by atoms with van der Waals surface area (Å²) < 4.78 is 2.47. The van der Waals surface area contributed by atoms with Gasteiger partial charge in [0, 0.05) is 7.05 Å². The van der Waals surface area contributed by atoms with Crippen LogP contribution in [0.15, 0.2) is 12.7 Å². The number of aryl methyl sites for hydroxylation is 1. The van der Waals surface area contributed by atoms with Crippen molar-refractivity contribution in [3.05, 3.63) is 12.7 Å². The van der Waals surface area contributed by atoms with E-state index in [1.165, 1.54) is 6.33 Å². The molecule has 2 aromatic rings. The summed E-state index contributed by atoms with van der Waals surface area (Å²) in [6.45, 7) is 0. The lowest BCUT2D eigenvalue weighted by atomic mass is 10.5. The first-order valence-electron chi connectivity index (χ1n) is 3.36. The van der Waals surface area contributed by atoms with E-state index in [0.29, 0.717) is 11.2 Å². The molecule has 6 heteroatoms. The quantitative estimate of drug-likeness (QED) is 0.391. The third-order valence-electron chi connectivity index (χ3n) is 1.68. The Morgan fingerprint density at radius 2 is 2.33 bits per heavy atom. The molecule has 0 fully saturated rings. The lowest BCUT2D eigenvalue weighted by Gasteiger charge is -1.92. The number of nitrogen functional groups attached to an aromatic ring is 1. The third kappa shape index (κ3) is 0.714. The molecule has 2 heterocycles. The summed E-state index contributed by atoms with van der Waals surface area (Å²) in [6.07, 6.45) is 2.83. The Morgan fingerprint density at radius 3 is 3.08 bits per heavy atom. The zero-order chi connectivity index (χ0) is 8.72. The van der Waals surface area contributed by atoms with Crippen molar-refractivity contribution in [3.8, 4) is 0 Å². The average molecular weight is 166 g/mol. The Hall–Kier alpha value is -1.85. The van der Waals surface area contributed by atoms with Gasteiger partial charge in [-0.3, -0.25) is 0 Å². The monoisotopic (exact) mass is 166 g/mol. The van der Waals surface area contributed by atoms with Crippen LogP contribution in [-0.4, -0.2) is 19.7 Å². The number of hydrogen-bond acceptors (Lipinski definition) is 4. The highest BCUT2D eigenvalue weighted by Crippen LogP contribution is 2.10. The number of nitrogens with zero attached hydrogens (tertiary/aromatic N) is 4. The van der Waals surface area contributed by atoms with Gasteiger partial charge >= 0.3 is 0 Å². The lowest BCUT2D eigenvalue weighted by molar-refractivity contribution is -0.894. The Balaban J connectivity index is 2.93. The highest BCUT2D eigenvalue weighted by atomic mass is 16.5. The second-order valence-electron chi connectivity index (χ2n) is 2.50. The van der Waals surface area contributed by atoms with E-state index < -0.39 is 0 Å². The van der Waals surface area contributed by atoms with E-state index in [9.17, 15) is 0 Å². The maximum atomic E-state index is 9.11. The van der Waals surface area contributed by atoms with Crippen LogP contribution in [0.3, 0.4) is 0 Å². The molecule has 0 radical (unpaired) electrons. The molecule has 0 saturated carbocycles. The first-order valence-corrected chi connectivity index (χ1v) is 3.36. The first kappa shape index (κ1) is 6.84. The fourth-order valence-electron chi connectivity index (χ4n) is 1.04. The predicted molar refractivity (Wildman–Crippen MR) is 40.3 cm³/mol. The molecule has 0 aliphatic rings. The van der Waals surface area contributed by atoms with Crippen molar-refractivity contribution in [2.24, 2.45) is 7.05 Å². The van der Waals surface area contributed by atoms with E-state index in [0.717, 1.165) is 4.73 Å². The molecule has 0 spiro atoms. The summed E-state index contributed by atoms with van der Waals surface area (Å²) in [5.41, 5.74) is 6.68. The SMILES string of the molecule is Cn1cnc2c(N)[n+](O)cnc21. The minimum absolute atomic E-state index is 0.195. The molecule has 0 atom stereocenters. The molecule has 0 amide bonds. The molecule has 0 aromatic carbocycles. The van der Waals surface area contributed by atoms with E-state index in [-0.39, 0.29) is 5.82 Å². The van der Waals surface area contributed by atoms with Crippen molar-refractivity contribution in [3.63, 3.8) is 0 Å². The lowest BCUT2D eigenvalue weighted by Crippen LogP contribution is -2.34. The summed E-state index contributed by atoms with van der Waals surface area (Å²) in [4.78, 5) is 7.91. The molecule has 0 aliphatic carbocycles. The third-order valence-corrected chi connectivity index (χ3v) is 1.68. The fraction of sp³-hybridized carbons (Fsp3) is 0.167. The summed E-state index contributed by atoms with van der Waals surface area (Å²) >= 11 is 0. The van der Waals surface area contributed by atoms with E-state index in [1.54, 1.807) is 10.9 Å². The molecular weight excluding hydrogens is 158 g/mol. The Morgan fingerprint density at radius 1 is 1.58 bits per heavy atom. The molecule has 0 aliphatic heterocycles. The van der Waals surface area contributed by atoms with Gasteiger partial charge in [0.25, 0.3) is 12.1 Å². The van der Waals surface area contributed by atoms with Crippen LogP contribution >= 0.6 is 0 Å². The molecule has 62 valence electrons. The molecule has 3 N–H and O–H groups in total. The average Bonchev–Trinajstić information content (AvgIpc) is 2.41. The zero-order valence-electron chi connectivity index (χ0n) is 6.47. The van der Waals surface area contributed by atoms with Crippen LogP contribution in [0.4, 0.5) is 5.82 Å². The fourth-order valence-corrected chi connectivity index (χ4v) is 1.04. The number of aromatic nitrogens is 4. The molecule has 2 aromatic heterocycles. The first-order chi connectivity index (χ1) is 5.70. The van der Waals surface area contributed by atoms with Crippen molar-refractivity contribution < 1.29 is 9.94 Å². The zero-order valence-corrected chi connectivity index (χ0v) is 6.47. The number of imidazole rings is 1. The Bertz CT molecular complexity index is 435. The second-order valence-corrected chi connectivity index (χ2v) is 2.50. The maximum absolute atomic E-state index is 9.11.